The number of carbonyl (C=O) groups excluding carboxylic acids is 1. The Hall–Kier alpha value is -1.22. The molecule has 0 aromatic heterocycles. The first-order chi connectivity index (χ1) is 9.93. The molecule has 1 aromatic carbocycles. The zero-order valence-corrected chi connectivity index (χ0v) is 14.2. The topological polar surface area (TPSA) is 38.3 Å². The van der Waals surface area contributed by atoms with Gasteiger partial charge < -0.3 is 10.1 Å². The van der Waals surface area contributed by atoms with Gasteiger partial charge in [-0.2, -0.15) is 0 Å². The van der Waals surface area contributed by atoms with Crippen molar-refractivity contribution in [2.75, 3.05) is 0 Å². The average Bonchev–Trinajstić information content (AvgIpc) is 2.42. The number of amides is 1. The monoisotopic (exact) mass is 311 g/mol. The van der Waals surface area contributed by atoms with E-state index in [9.17, 15) is 4.79 Å². The summed E-state index contributed by atoms with van der Waals surface area (Å²) in [7, 11) is 0. The van der Waals surface area contributed by atoms with Crippen molar-refractivity contribution in [1.29, 1.82) is 0 Å². The third-order valence-electron chi connectivity index (χ3n) is 3.44. The lowest BCUT2D eigenvalue weighted by Gasteiger charge is -2.19. The van der Waals surface area contributed by atoms with Gasteiger partial charge in [0.25, 0.3) is 5.91 Å². The molecule has 0 fully saturated rings. The first-order valence-corrected chi connectivity index (χ1v) is 8.05. The van der Waals surface area contributed by atoms with Crippen LogP contribution in [0.4, 0.5) is 0 Å². The van der Waals surface area contributed by atoms with Gasteiger partial charge in [-0.1, -0.05) is 37.8 Å². The number of aryl methyl sites for hydroxylation is 1. The fourth-order valence-corrected chi connectivity index (χ4v) is 2.35. The van der Waals surface area contributed by atoms with Gasteiger partial charge in [-0.25, -0.2) is 0 Å². The molecule has 0 aliphatic heterocycles. The van der Waals surface area contributed by atoms with E-state index in [-0.39, 0.29) is 11.9 Å². The number of ether oxygens (including phenoxy) is 1. The highest BCUT2D eigenvalue weighted by Gasteiger charge is 2.17. The molecule has 1 N–H and O–H groups in total. The molecule has 0 radical (unpaired) electrons. The molecule has 118 valence electrons. The van der Waals surface area contributed by atoms with Crippen LogP contribution >= 0.6 is 11.6 Å². The molecule has 1 aromatic rings. The molecule has 3 nitrogen and oxygen atoms in total. The zero-order valence-electron chi connectivity index (χ0n) is 13.4. The fraction of sp³-hybridized carbons (Fsp3) is 0.588. The van der Waals surface area contributed by atoms with E-state index >= 15 is 0 Å². The van der Waals surface area contributed by atoms with Crippen LogP contribution in [0.5, 0.6) is 5.75 Å². The standard InChI is InChI=1S/C17H26ClNO2/c1-5-6-7-8-13(3)19-17(20)14(4)21-16-10-9-15(18)11-12(16)2/h9-11,13-14H,5-8H2,1-4H3,(H,19,20). The maximum Gasteiger partial charge on any atom is 0.260 e. The Morgan fingerprint density at radius 1 is 1.33 bits per heavy atom. The number of hydrogen-bond acceptors (Lipinski definition) is 2. The number of carbonyl (C=O) groups is 1. The average molecular weight is 312 g/mol. The van der Waals surface area contributed by atoms with E-state index < -0.39 is 6.10 Å². The molecule has 2 atom stereocenters. The molecule has 0 spiro atoms. The molecule has 0 saturated heterocycles. The van der Waals surface area contributed by atoms with Crippen molar-refractivity contribution in [1.82, 2.24) is 5.32 Å². The van der Waals surface area contributed by atoms with Crippen molar-refractivity contribution in [3.05, 3.63) is 28.8 Å². The summed E-state index contributed by atoms with van der Waals surface area (Å²) in [6.45, 7) is 7.89. The van der Waals surface area contributed by atoms with Crippen molar-refractivity contribution in [2.45, 2.75) is 65.5 Å². The minimum atomic E-state index is -0.515. The summed E-state index contributed by atoms with van der Waals surface area (Å²) in [5.74, 6) is 0.619. The molecular weight excluding hydrogens is 286 g/mol. The van der Waals surface area contributed by atoms with Gasteiger partial charge in [-0.05, 0) is 51.0 Å². The lowest BCUT2D eigenvalue weighted by atomic mass is 10.1. The van der Waals surface area contributed by atoms with Crippen molar-refractivity contribution >= 4 is 17.5 Å². The van der Waals surface area contributed by atoms with Crippen LogP contribution < -0.4 is 10.1 Å². The molecule has 1 rings (SSSR count). The van der Waals surface area contributed by atoms with E-state index in [1.165, 1.54) is 12.8 Å². The molecule has 2 unspecified atom stereocenters. The van der Waals surface area contributed by atoms with E-state index in [2.05, 4.69) is 12.2 Å². The van der Waals surface area contributed by atoms with Crippen LogP contribution in [0.1, 0.15) is 52.0 Å². The Labute approximate surface area is 133 Å². The Balaban J connectivity index is 2.47. The maximum absolute atomic E-state index is 12.1. The number of benzene rings is 1. The minimum absolute atomic E-state index is 0.0756. The summed E-state index contributed by atoms with van der Waals surface area (Å²) in [6, 6.07) is 5.57. The molecule has 21 heavy (non-hydrogen) atoms. The predicted molar refractivity (Wildman–Crippen MR) is 88.0 cm³/mol. The second-order valence-electron chi connectivity index (χ2n) is 5.58. The molecule has 0 heterocycles. The van der Waals surface area contributed by atoms with Gasteiger partial charge in [0.05, 0.1) is 0 Å². The molecule has 1 amide bonds. The summed E-state index contributed by atoms with van der Waals surface area (Å²) in [5, 5.41) is 3.67. The summed E-state index contributed by atoms with van der Waals surface area (Å²) >= 11 is 5.91. The molecular formula is C17H26ClNO2. The number of rotatable bonds is 8. The molecule has 0 aliphatic carbocycles. The van der Waals surface area contributed by atoms with Crippen LogP contribution in [0.15, 0.2) is 18.2 Å². The zero-order chi connectivity index (χ0) is 15.8. The maximum atomic E-state index is 12.1. The van der Waals surface area contributed by atoms with E-state index in [1.54, 1.807) is 19.1 Å². The normalized spacial score (nSPS) is 13.6. The van der Waals surface area contributed by atoms with Gasteiger partial charge in [-0.3, -0.25) is 4.79 Å². The first kappa shape index (κ1) is 17.8. The van der Waals surface area contributed by atoms with Gasteiger partial charge in [0.2, 0.25) is 0 Å². The van der Waals surface area contributed by atoms with Crippen molar-refractivity contribution in [2.24, 2.45) is 0 Å². The predicted octanol–water partition coefficient (Wildman–Crippen LogP) is 4.50. The van der Waals surface area contributed by atoms with Gasteiger partial charge in [0.15, 0.2) is 6.10 Å². The Morgan fingerprint density at radius 2 is 2.05 bits per heavy atom. The van der Waals surface area contributed by atoms with Crippen LogP contribution in [-0.4, -0.2) is 18.1 Å². The lowest BCUT2D eigenvalue weighted by Crippen LogP contribution is -2.41. The number of nitrogens with one attached hydrogen (secondary N) is 1. The van der Waals surface area contributed by atoms with Crippen molar-refractivity contribution in [3.8, 4) is 5.75 Å². The second-order valence-corrected chi connectivity index (χ2v) is 6.01. The molecule has 0 bridgehead atoms. The summed E-state index contributed by atoms with van der Waals surface area (Å²) in [5.41, 5.74) is 0.929. The highest BCUT2D eigenvalue weighted by atomic mass is 35.5. The van der Waals surface area contributed by atoms with Gasteiger partial charge in [0.1, 0.15) is 5.75 Å². The largest absolute Gasteiger partial charge is 0.481 e. The van der Waals surface area contributed by atoms with Crippen LogP contribution in [0, 0.1) is 6.92 Å². The quantitative estimate of drug-likeness (QED) is 0.718. The molecule has 0 aliphatic rings. The Bertz CT molecular complexity index is 462. The third kappa shape index (κ3) is 6.38. The highest BCUT2D eigenvalue weighted by Crippen LogP contribution is 2.22. The second kappa shape index (κ2) is 8.93. The third-order valence-corrected chi connectivity index (χ3v) is 3.67. The number of hydrogen-bond donors (Lipinski definition) is 1. The summed E-state index contributed by atoms with van der Waals surface area (Å²) < 4.78 is 5.72. The minimum Gasteiger partial charge on any atom is -0.481 e. The number of unbranched alkanes of at least 4 members (excludes halogenated alkanes) is 2. The summed E-state index contributed by atoms with van der Waals surface area (Å²) in [6.07, 6.45) is 4.03. The van der Waals surface area contributed by atoms with Gasteiger partial charge in [0, 0.05) is 11.1 Å². The lowest BCUT2D eigenvalue weighted by molar-refractivity contribution is -0.127. The molecule has 0 saturated carbocycles. The van der Waals surface area contributed by atoms with E-state index in [0.717, 1.165) is 18.4 Å². The van der Waals surface area contributed by atoms with Crippen LogP contribution in [-0.2, 0) is 4.79 Å². The van der Waals surface area contributed by atoms with Crippen LogP contribution in [0.3, 0.4) is 0 Å². The van der Waals surface area contributed by atoms with Crippen LogP contribution in [0.25, 0.3) is 0 Å². The number of halogens is 1. The first-order valence-electron chi connectivity index (χ1n) is 7.67. The highest BCUT2D eigenvalue weighted by molar-refractivity contribution is 6.30. The smallest absolute Gasteiger partial charge is 0.260 e. The van der Waals surface area contributed by atoms with E-state index in [1.807, 2.05) is 19.9 Å². The SMILES string of the molecule is CCCCCC(C)NC(=O)C(C)Oc1ccc(Cl)cc1C. The van der Waals surface area contributed by atoms with E-state index in [0.29, 0.717) is 10.8 Å². The van der Waals surface area contributed by atoms with Crippen molar-refractivity contribution in [3.63, 3.8) is 0 Å². The Kier molecular flexibility index (Phi) is 7.58. The van der Waals surface area contributed by atoms with Crippen LogP contribution in [0.2, 0.25) is 5.02 Å². The van der Waals surface area contributed by atoms with Gasteiger partial charge >= 0.3 is 0 Å². The Morgan fingerprint density at radius 3 is 2.67 bits per heavy atom. The van der Waals surface area contributed by atoms with E-state index in [4.69, 9.17) is 16.3 Å². The van der Waals surface area contributed by atoms with Gasteiger partial charge in [-0.15, -0.1) is 0 Å². The fourth-order valence-electron chi connectivity index (χ4n) is 2.12. The summed E-state index contributed by atoms with van der Waals surface area (Å²) in [4.78, 5) is 12.1. The van der Waals surface area contributed by atoms with Crippen molar-refractivity contribution < 1.29 is 9.53 Å². The molecule has 4 heteroatoms.